The molecule has 5 heteroatoms. The fourth-order valence-corrected chi connectivity index (χ4v) is 2.17. The first-order valence-electron chi connectivity index (χ1n) is 7.55. The number of benzene rings is 2. The smallest absolute Gasteiger partial charge is 0.319 e. The van der Waals surface area contributed by atoms with Crippen LogP contribution in [0.2, 0.25) is 5.02 Å². The predicted octanol–water partition coefficient (Wildman–Crippen LogP) is 4.55. The average molecular weight is 333 g/mol. The van der Waals surface area contributed by atoms with E-state index in [1.807, 2.05) is 44.2 Å². The molecule has 2 rings (SSSR count). The molecule has 0 fully saturated rings. The molecule has 122 valence electrons. The molecule has 0 aromatic heterocycles. The summed E-state index contributed by atoms with van der Waals surface area (Å²) in [7, 11) is 0. The van der Waals surface area contributed by atoms with Crippen molar-refractivity contribution in [2.45, 2.75) is 20.3 Å². The first-order valence-corrected chi connectivity index (χ1v) is 7.93. The lowest BCUT2D eigenvalue weighted by molar-refractivity contribution is 0.250. The van der Waals surface area contributed by atoms with Crippen molar-refractivity contribution in [2.24, 2.45) is 0 Å². The lowest BCUT2D eigenvalue weighted by atomic mass is 10.2. The van der Waals surface area contributed by atoms with E-state index in [9.17, 15) is 4.79 Å². The van der Waals surface area contributed by atoms with Crippen LogP contribution in [0.15, 0.2) is 42.5 Å². The van der Waals surface area contributed by atoms with Crippen LogP contribution in [0.4, 0.5) is 10.5 Å². The first-order chi connectivity index (χ1) is 11.0. The Balaban J connectivity index is 1.67. The number of ether oxygens (including phenoxy) is 1. The molecule has 4 nitrogen and oxygen atoms in total. The minimum atomic E-state index is -0.245. The summed E-state index contributed by atoms with van der Waals surface area (Å²) in [5, 5.41) is 6.19. The average Bonchev–Trinajstić information content (AvgIpc) is 2.52. The van der Waals surface area contributed by atoms with E-state index in [1.54, 1.807) is 12.1 Å². The third-order valence-electron chi connectivity index (χ3n) is 3.34. The van der Waals surface area contributed by atoms with Crippen molar-refractivity contribution in [1.82, 2.24) is 5.32 Å². The van der Waals surface area contributed by atoms with Gasteiger partial charge in [0.15, 0.2) is 0 Å². The fourth-order valence-electron chi connectivity index (χ4n) is 1.99. The topological polar surface area (TPSA) is 50.4 Å². The van der Waals surface area contributed by atoms with Gasteiger partial charge in [-0.1, -0.05) is 35.4 Å². The highest BCUT2D eigenvalue weighted by molar-refractivity contribution is 6.31. The Bertz CT molecular complexity index is 657. The van der Waals surface area contributed by atoms with Gasteiger partial charge in [0, 0.05) is 17.3 Å². The standard InChI is InChI=1S/C18H21ClN2O2/c1-13-4-8-16(9-5-13)23-11-3-10-20-18(22)21-17-12-15(19)7-6-14(17)2/h4-9,12H,3,10-11H2,1-2H3,(H2,20,21,22). The van der Waals surface area contributed by atoms with Gasteiger partial charge >= 0.3 is 6.03 Å². The maximum atomic E-state index is 11.8. The van der Waals surface area contributed by atoms with E-state index in [0.29, 0.717) is 23.9 Å². The summed E-state index contributed by atoms with van der Waals surface area (Å²) in [5.74, 6) is 0.842. The van der Waals surface area contributed by atoms with Crippen molar-refractivity contribution in [3.05, 3.63) is 58.6 Å². The molecule has 2 N–H and O–H groups in total. The molecule has 0 spiro atoms. The van der Waals surface area contributed by atoms with Gasteiger partial charge in [-0.05, 0) is 50.1 Å². The Morgan fingerprint density at radius 2 is 1.87 bits per heavy atom. The van der Waals surface area contributed by atoms with Gasteiger partial charge in [0.05, 0.1) is 6.61 Å². The molecule has 23 heavy (non-hydrogen) atoms. The van der Waals surface area contributed by atoms with Gasteiger partial charge < -0.3 is 15.4 Å². The monoisotopic (exact) mass is 332 g/mol. The van der Waals surface area contributed by atoms with Gasteiger partial charge in [0.2, 0.25) is 0 Å². The third kappa shape index (κ3) is 5.83. The fraction of sp³-hybridized carbons (Fsp3) is 0.278. The second-order valence-electron chi connectivity index (χ2n) is 5.36. The second-order valence-corrected chi connectivity index (χ2v) is 5.79. The molecular formula is C18H21ClN2O2. The summed E-state index contributed by atoms with van der Waals surface area (Å²) in [5.41, 5.74) is 2.88. The van der Waals surface area contributed by atoms with Gasteiger partial charge in [0.1, 0.15) is 5.75 Å². The highest BCUT2D eigenvalue weighted by Crippen LogP contribution is 2.19. The molecule has 0 aliphatic rings. The molecular weight excluding hydrogens is 312 g/mol. The van der Waals surface area contributed by atoms with Crippen molar-refractivity contribution in [3.63, 3.8) is 0 Å². The Morgan fingerprint density at radius 1 is 1.13 bits per heavy atom. The molecule has 0 saturated carbocycles. The molecule has 0 radical (unpaired) electrons. The number of aryl methyl sites for hydroxylation is 2. The molecule has 2 aromatic carbocycles. The van der Waals surface area contributed by atoms with Crippen molar-refractivity contribution in [2.75, 3.05) is 18.5 Å². The highest BCUT2D eigenvalue weighted by Gasteiger charge is 2.04. The first kappa shape index (κ1) is 17.2. The molecule has 0 saturated heterocycles. The zero-order valence-corrected chi connectivity index (χ0v) is 14.1. The lowest BCUT2D eigenvalue weighted by Gasteiger charge is -2.11. The number of amides is 2. The molecule has 2 amide bonds. The number of nitrogens with one attached hydrogen (secondary N) is 2. The SMILES string of the molecule is Cc1ccc(OCCCNC(=O)Nc2cc(Cl)ccc2C)cc1. The van der Waals surface area contributed by atoms with Gasteiger partial charge in [-0.15, -0.1) is 0 Å². The summed E-state index contributed by atoms with van der Waals surface area (Å²) < 4.78 is 5.61. The van der Waals surface area contributed by atoms with Crippen molar-refractivity contribution >= 4 is 23.3 Å². The number of halogens is 1. The van der Waals surface area contributed by atoms with E-state index in [2.05, 4.69) is 10.6 Å². The molecule has 0 bridgehead atoms. The van der Waals surface area contributed by atoms with E-state index in [1.165, 1.54) is 5.56 Å². The number of rotatable bonds is 6. The van der Waals surface area contributed by atoms with Crippen LogP contribution in [0.1, 0.15) is 17.5 Å². The molecule has 0 unspecified atom stereocenters. The van der Waals surface area contributed by atoms with E-state index < -0.39 is 0 Å². The van der Waals surface area contributed by atoms with Crippen LogP contribution in [-0.4, -0.2) is 19.2 Å². The van der Waals surface area contributed by atoms with E-state index in [0.717, 1.165) is 17.7 Å². The van der Waals surface area contributed by atoms with Gasteiger partial charge in [-0.3, -0.25) is 0 Å². The Kier molecular flexibility index (Phi) is 6.29. The van der Waals surface area contributed by atoms with Crippen molar-refractivity contribution < 1.29 is 9.53 Å². The summed E-state index contributed by atoms with van der Waals surface area (Å²) in [6.07, 6.45) is 0.732. The van der Waals surface area contributed by atoms with Crippen LogP contribution in [0, 0.1) is 13.8 Å². The van der Waals surface area contributed by atoms with Gasteiger partial charge in [0.25, 0.3) is 0 Å². The summed E-state index contributed by atoms with van der Waals surface area (Å²) in [4.78, 5) is 11.8. The minimum Gasteiger partial charge on any atom is -0.494 e. The molecule has 0 atom stereocenters. The van der Waals surface area contributed by atoms with Crippen LogP contribution in [0.3, 0.4) is 0 Å². The zero-order valence-electron chi connectivity index (χ0n) is 13.4. The Morgan fingerprint density at radius 3 is 2.61 bits per heavy atom. The normalized spacial score (nSPS) is 10.2. The van der Waals surface area contributed by atoms with Crippen LogP contribution < -0.4 is 15.4 Å². The molecule has 0 heterocycles. The number of urea groups is 1. The van der Waals surface area contributed by atoms with Gasteiger partial charge in [-0.2, -0.15) is 0 Å². The second kappa shape index (κ2) is 8.44. The summed E-state index contributed by atoms with van der Waals surface area (Å²) in [6.45, 7) is 5.05. The number of carbonyl (C=O) groups excluding carboxylic acids is 1. The van der Waals surface area contributed by atoms with E-state index in [-0.39, 0.29) is 6.03 Å². The quantitative estimate of drug-likeness (QED) is 0.762. The van der Waals surface area contributed by atoms with Crippen LogP contribution in [0.5, 0.6) is 5.75 Å². The molecule has 0 aliphatic heterocycles. The highest BCUT2D eigenvalue weighted by atomic mass is 35.5. The largest absolute Gasteiger partial charge is 0.494 e. The summed E-state index contributed by atoms with van der Waals surface area (Å²) in [6, 6.07) is 13.1. The van der Waals surface area contributed by atoms with E-state index in [4.69, 9.17) is 16.3 Å². The predicted molar refractivity (Wildman–Crippen MR) is 94.5 cm³/mol. The Labute approximate surface area is 141 Å². The van der Waals surface area contributed by atoms with Crippen LogP contribution in [0.25, 0.3) is 0 Å². The number of hydrogen-bond acceptors (Lipinski definition) is 2. The van der Waals surface area contributed by atoms with Crippen molar-refractivity contribution in [3.8, 4) is 5.75 Å². The van der Waals surface area contributed by atoms with Gasteiger partial charge in [-0.25, -0.2) is 4.79 Å². The van der Waals surface area contributed by atoms with Crippen LogP contribution >= 0.6 is 11.6 Å². The number of carbonyl (C=O) groups is 1. The number of anilines is 1. The summed E-state index contributed by atoms with van der Waals surface area (Å²) >= 11 is 5.93. The minimum absolute atomic E-state index is 0.245. The van der Waals surface area contributed by atoms with Crippen LogP contribution in [-0.2, 0) is 0 Å². The number of hydrogen-bond donors (Lipinski definition) is 2. The maximum Gasteiger partial charge on any atom is 0.319 e. The Hall–Kier alpha value is -2.20. The maximum absolute atomic E-state index is 11.8. The zero-order chi connectivity index (χ0) is 16.7. The lowest BCUT2D eigenvalue weighted by Crippen LogP contribution is -2.30. The van der Waals surface area contributed by atoms with E-state index >= 15 is 0 Å². The van der Waals surface area contributed by atoms with Crippen molar-refractivity contribution in [1.29, 1.82) is 0 Å². The molecule has 2 aromatic rings. The molecule has 0 aliphatic carbocycles. The third-order valence-corrected chi connectivity index (χ3v) is 3.58.